The summed E-state index contributed by atoms with van der Waals surface area (Å²) in [5.41, 5.74) is 0.311. The highest BCUT2D eigenvalue weighted by Gasteiger charge is 2.11. The first-order chi connectivity index (χ1) is 5.27. The van der Waals surface area contributed by atoms with Gasteiger partial charge < -0.3 is 14.4 Å². The van der Waals surface area contributed by atoms with Crippen molar-refractivity contribution in [2.45, 2.75) is 6.61 Å². The minimum atomic E-state index is -0.600. The Kier molecular flexibility index (Phi) is 2.22. The molecule has 0 saturated carbocycles. The molecular weight excluding hydrogens is 150 g/mol. The number of rotatable bonds is 2. The average molecular weight is 157 g/mol. The number of carbonyl (C=O) groups excluding carboxylic acids is 1. The van der Waals surface area contributed by atoms with Gasteiger partial charge >= 0.3 is 5.97 Å². The quantitative estimate of drug-likeness (QED) is 0.609. The van der Waals surface area contributed by atoms with Gasteiger partial charge in [-0.2, -0.15) is 0 Å². The van der Waals surface area contributed by atoms with Crippen molar-refractivity contribution in [2.75, 3.05) is 7.11 Å². The SMILES string of the molecule is COC(=O)c1cc(CO)no1. The van der Waals surface area contributed by atoms with E-state index >= 15 is 0 Å². The fourth-order valence-electron chi connectivity index (χ4n) is 0.583. The number of aromatic nitrogens is 1. The van der Waals surface area contributed by atoms with E-state index < -0.39 is 5.97 Å². The van der Waals surface area contributed by atoms with Gasteiger partial charge in [0.2, 0.25) is 5.76 Å². The second-order valence-electron chi connectivity index (χ2n) is 1.83. The molecule has 1 aromatic rings. The molecule has 0 spiro atoms. The van der Waals surface area contributed by atoms with Crippen molar-refractivity contribution in [1.29, 1.82) is 0 Å². The molecule has 0 bridgehead atoms. The van der Waals surface area contributed by atoms with E-state index in [2.05, 4.69) is 14.4 Å². The normalized spacial score (nSPS) is 9.64. The van der Waals surface area contributed by atoms with Gasteiger partial charge in [-0.05, 0) is 0 Å². The van der Waals surface area contributed by atoms with Gasteiger partial charge in [-0.25, -0.2) is 4.79 Å². The van der Waals surface area contributed by atoms with Crippen molar-refractivity contribution in [3.63, 3.8) is 0 Å². The first-order valence-electron chi connectivity index (χ1n) is 2.92. The smallest absolute Gasteiger partial charge is 0.376 e. The van der Waals surface area contributed by atoms with E-state index in [-0.39, 0.29) is 12.4 Å². The maximum absolute atomic E-state index is 10.7. The molecule has 60 valence electrons. The predicted molar refractivity (Wildman–Crippen MR) is 33.8 cm³/mol. The van der Waals surface area contributed by atoms with Crippen LogP contribution in [0.2, 0.25) is 0 Å². The van der Waals surface area contributed by atoms with Crippen LogP contribution in [0, 0.1) is 0 Å². The summed E-state index contributed by atoms with van der Waals surface area (Å²) in [7, 11) is 1.24. The molecule has 0 saturated heterocycles. The Hall–Kier alpha value is -1.36. The number of hydrogen-bond donors (Lipinski definition) is 1. The number of nitrogens with zero attached hydrogens (tertiary/aromatic N) is 1. The molecule has 1 rings (SSSR count). The van der Waals surface area contributed by atoms with Crippen LogP contribution in [-0.2, 0) is 11.3 Å². The molecule has 0 aliphatic carbocycles. The van der Waals surface area contributed by atoms with Gasteiger partial charge in [-0.15, -0.1) is 0 Å². The molecular formula is C6H7NO4. The number of esters is 1. The number of hydrogen-bond acceptors (Lipinski definition) is 5. The number of methoxy groups -OCH3 is 1. The van der Waals surface area contributed by atoms with Crippen molar-refractivity contribution in [2.24, 2.45) is 0 Å². The van der Waals surface area contributed by atoms with E-state index in [1.807, 2.05) is 0 Å². The molecule has 0 aliphatic heterocycles. The van der Waals surface area contributed by atoms with Crippen molar-refractivity contribution in [3.05, 3.63) is 17.5 Å². The molecule has 0 aliphatic rings. The van der Waals surface area contributed by atoms with Crippen LogP contribution < -0.4 is 0 Å². The lowest BCUT2D eigenvalue weighted by Crippen LogP contribution is -1.98. The second kappa shape index (κ2) is 3.16. The van der Waals surface area contributed by atoms with E-state index in [0.29, 0.717) is 5.69 Å². The Morgan fingerprint density at radius 2 is 2.64 bits per heavy atom. The molecule has 1 heterocycles. The van der Waals surface area contributed by atoms with E-state index in [4.69, 9.17) is 5.11 Å². The number of ether oxygens (including phenoxy) is 1. The van der Waals surface area contributed by atoms with Crippen molar-refractivity contribution < 1.29 is 19.2 Å². The highest BCUT2D eigenvalue weighted by molar-refractivity contribution is 5.86. The number of aliphatic hydroxyl groups excluding tert-OH is 1. The molecule has 0 unspecified atom stereocenters. The summed E-state index contributed by atoms with van der Waals surface area (Å²) in [6.45, 7) is -0.250. The Morgan fingerprint density at radius 3 is 3.09 bits per heavy atom. The van der Waals surface area contributed by atoms with Gasteiger partial charge in [0.25, 0.3) is 0 Å². The maximum atomic E-state index is 10.7. The molecule has 0 fully saturated rings. The first kappa shape index (κ1) is 7.74. The molecule has 5 heteroatoms. The van der Waals surface area contributed by atoms with Crippen LogP contribution in [0.25, 0.3) is 0 Å². The summed E-state index contributed by atoms with van der Waals surface area (Å²) in [4.78, 5) is 10.7. The van der Waals surface area contributed by atoms with E-state index in [0.717, 1.165) is 0 Å². The number of carbonyl (C=O) groups is 1. The minimum absolute atomic E-state index is 0.00319. The van der Waals surface area contributed by atoms with Crippen LogP contribution in [0.4, 0.5) is 0 Å². The summed E-state index contributed by atoms with van der Waals surface area (Å²) in [6.07, 6.45) is 0. The van der Waals surface area contributed by atoms with Crippen LogP contribution in [0.15, 0.2) is 10.6 Å². The predicted octanol–water partition coefficient (Wildman–Crippen LogP) is -0.0465. The second-order valence-corrected chi connectivity index (χ2v) is 1.83. The van der Waals surface area contributed by atoms with Gasteiger partial charge in [0.15, 0.2) is 0 Å². The molecule has 5 nitrogen and oxygen atoms in total. The van der Waals surface area contributed by atoms with Crippen LogP contribution >= 0.6 is 0 Å². The lowest BCUT2D eigenvalue weighted by atomic mass is 10.4. The number of aliphatic hydroxyl groups is 1. The van der Waals surface area contributed by atoms with Gasteiger partial charge in [-0.3, -0.25) is 0 Å². The minimum Gasteiger partial charge on any atom is -0.463 e. The highest BCUT2D eigenvalue weighted by atomic mass is 16.5. The topological polar surface area (TPSA) is 72.6 Å². The van der Waals surface area contributed by atoms with E-state index in [1.165, 1.54) is 13.2 Å². The zero-order chi connectivity index (χ0) is 8.27. The molecule has 0 radical (unpaired) electrons. The molecule has 0 atom stereocenters. The van der Waals surface area contributed by atoms with Gasteiger partial charge in [0.05, 0.1) is 13.7 Å². The summed E-state index contributed by atoms with van der Waals surface area (Å²) in [6, 6.07) is 1.33. The molecule has 1 aromatic heterocycles. The monoisotopic (exact) mass is 157 g/mol. The molecule has 0 amide bonds. The highest BCUT2D eigenvalue weighted by Crippen LogP contribution is 2.03. The van der Waals surface area contributed by atoms with Gasteiger partial charge in [-0.1, -0.05) is 5.16 Å². The van der Waals surface area contributed by atoms with Gasteiger partial charge in [0.1, 0.15) is 5.69 Å². The third kappa shape index (κ3) is 1.56. The fraction of sp³-hybridized carbons (Fsp3) is 0.333. The Labute approximate surface area is 62.6 Å². The molecule has 1 N–H and O–H groups in total. The zero-order valence-electron chi connectivity index (χ0n) is 5.90. The van der Waals surface area contributed by atoms with Crippen molar-refractivity contribution >= 4 is 5.97 Å². The standard InChI is InChI=1S/C6H7NO4/c1-10-6(9)5-2-4(3-8)7-11-5/h2,8H,3H2,1H3. The fourth-order valence-corrected chi connectivity index (χ4v) is 0.583. The summed E-state index contributed by atoms with van der Waals surface area (Å²) >= 11 is 0. The molecule has 11 heavy (non-hydrogen) atoms. The largest absolute Gasteiger partial charge is 0.463 e. The van der Waals surface area contributed by atoms with Crippen LogP contribution in [0.1, 0.15) is 16.2 Å². The van der Waals surface area contributed by atoms with Gasteiger partial charge in [0, 0.05) is 6.07 Å². The molecule has 0 aromatic carbocycles. The Balaban J connectivity index is 2.80. The zero-order valence-corrected chi connectivity index (χ0v) is 5.90. The maximum Gasteiger partial charge on any atom is 0.376 e. The summed E-state index contributed by atoms with van der Waals surface area (Å²) < 4.78 is 8.86. The van der Waals surface area contributed by atoms with Crippen LogP contribution in [0.5, 0.6) is 0 Å². The van der Waals surface area contributed by atoms with E-state index in [9.17, 15) is 4.79 Å². The Bertz CT molecular complexity index is 255. The lowest BCUT2D eigenvalue weighted by molar-refractivity contribution is 0.0554. The third-order valence-electron chi connectivity index (χ3n) is 1.11. The first-order valence-corrected chi connectivity index (χ1v) is 2.92. The average Bonchev–Trinajstić information content (AvgIpc) is 2.50. The summed E-state index contributed by atoms with van der Waals surface area (Å²) in [5, 5.41) is 11.9. The summed E-state index contributed by atoms with van der Waals surface area (Å²) in [5.74, 6) is -0.603. The third-order valence-corrected chi connectivity index (χ3v) is 1.11. The van der Waals surface area contributed by atoms with Crippen molar-refractivity contribution in [1.82, 2.24) is 5.16 Å². The van der Waals surface area contributed by atoms with Crippen LogP contribution in [0.3, 0.4) is 0 Å². The lowest BCUT2D eigenvalue weighted by Gasteiger charge is -1.88. The van der Waals surface area contributed by atoms with Crippen molar-refractivity contribution in [3.8, 4) is 0 Å². The Morgan fingerprint density at radius 1 is 1.91 bits per heavy atom. The van der Waals surface area contributed by atoms with E-state index in [1.54, 1.807) is 0 Å². The van der Waals surface area contributed by atoms with Crippen LogP contribution in [-0.4, -0.2) is 23.3 Å².